The van der Waals surface area contributed by atoms with Crippen LogP contribution in [-0.2, 0) is 11.2 Å². The van der Waals surface area contributed by atoms with E-state index in [0.717, 1.165) is 23.4 Å². The molecule has 1 spiro atoms. The van der Waals surface area contributed by atoms with E-state index in [9.17, 15) is 4.79 Å². The molecule has 0 bridgehead atoms. The van der Waals surface area contributed by atoms with Crippen molar-refractivity contribution in [3.63, 3.8) is 0 Å². The first-order chi connectivity index (χ1) is 11.6. The van der Waals surface area contributed by atoms with Gasteiger partial charge in [0.2, 0.25) is 0 Å². The van der Waals surface area contributed by atoms with Crippen molar-refractivity contribution < 1.29 is 9.53 Å². The number of ether oxygens (including phenoxy) is 1. The second-order valence-electron chi connectivity index (χ2n) is 6.35. The molecular formula is C20H18BrNO2. The van der Waals surface area contributed by atoms with Crippen molar-refractivity contribution in [2.75, 3.05) is 7.11 Å². The number of halogens is 1. The summed E-state index contributed by atoms with van der Waals surface area (Å²) in [5, 5.41) is 0. The van der Waals surface area contributed by atoms with Crippen molar-refractivity contribution in [3.05, 3.63) is 77.7 Å². The van der Waals surface area contributed by atoms with Gasteiger partial charge in [-0.2, -0.15) is 0 Å². The van der Waals surface area contributed by atoms with Gasteiger partial charge in [-0.3, -0.25) is 8.72 Å². The van der Waals surface area contributed by atoms with Crippen LogP contribution in [0, 0.1) is 11.3 Å². The average Bonchev–Trinajstić information content (AvgIpc) is 2.90. The minimum atomic E-state index is -0.354. The summed E-state index contributed by atoms with van der Waals surface area (Å²) in [5.41, 5.74) is 3.11. The van der Waals surface area contributed by atoms with Crippen molar-refractivity contribution in [1.29, 1.82) is 0 Å². The molecule has 1 aromatic rings. The van der Waals surface area contributed by atoms with Crippen LogP contribution in [0.3, 0.4) is 0 Å². The van der Waals surface area contributed by atoms with Gasteiger partial charge in [-0.25, -0.2) is 0 Å². The van der Waals surface area contributed by atoms with Gasteiger partial charge in [-0.05, 0) is 29.7 Å². The molecule has 0 N–H and O–H groups in total. The van der Waals surface area contributed by atoms with Crippen LogP contribution in [0.5, 0.6) is 5.75 Å². The van der Waals surface area contributed by atoms with E-state index in [4.69, 9.17) is 4.74 Å². The van der Waals surface area contributed by atoms with Crippen LogP contribution in [0.15, 0.2) is 72.1 Å². The average molecular weight is 384 g/mol. The van der Waals surface area contributed by atoms with Gasteiger partial charge in [-0.1, -0.05) is 42.5 Å². The Morgan fingerprint density at radius 2 is 2.08 bits per heavy atom. The molecule has 0 saturated heterocycles. The van der Waals surface area contributed by atoms with Gasteiger partial charge in [0.05, 0.1) is 28.7 Å². The van der Waals surface area contributed by atoms with Crippen LogP contribution in [0.1, 0.15) is 12.0 Å². The van der Waals surface area contributed by atoms with Crippen molar-refractivity contribution in [2.24, 2.45) is 11.3 Å². The molecule has 0 aromatic heterocycles. The minimum absolute atomic E-state index is 0.0964. The molecule has 0 fully saturated rings. The van der Waals surface area contributed by atoms with E-state index in [2.05, 4.69) is 46.7 Å². The third-order valence-corrected chi connectivity index (χ3v) is 5.75. The molecule has 1 heterocycles. The Morgan fingerprint density at radius 1 is 1.29 bits per heavy atom. The molecule has 3 nitrogen and oxygen atoms in total. The maximum Gasteiger partial charge on any atom is 0.141 e. The van der Waals surface area contributed by atoms with Crippen LogP contribution >= 0.6 is 16.1 Å². The molecule has 2 aliphatic carbocycles. The van der Waals surface area contributed by atoms with Gasteiger partial charge in [0.15, 0.2) is 0 Å². The van der Waals surface area contributed by atoms with E-state index in [1.54, 1.807) is 7.11 Å². The highest BCUT2D eigenvalue weighted by Gasteiger charge is 2.52. The summed E-state index contributed by atoms with van der Waals surface area (Å²) in [6.45, 7) is 0. The Kier molecular flexibility index (Phi) is 3.72. The second-order valence-corrected chi connectivity index (χ2v) is 7.11. The fourth-order valence-electron chi connectivity index (χ4n) is 3.97. The zero-order valence-corrected chi connectivity index (χ0v) is 15.0. The molecule has 2 atom stereocenters. The van der Waals surface area contributed by atoms with Gasteiger partial charge >= 0.3 is 0 Å². The molecule has 122 valence electrons. The van der Waals surface area contributed by atoms with Crippen LogP contribution in [0.2, 0.25) is 0 Å². The van der Waals surface area contributed by atoms with Gasteiger partial charge < -0.3 is 4.74 Å². The van der Waals surface area contributed by atoms with Gasteiger partial charge in [-0.15, -0.1) is 0 Å². The Bertz CT molecular complexity index is 803. The Labute approximate surface area is 150 Å². The Morgan fingerprint density at radius 3 is 2.83 bits per heavy atom. The van der Waals surface area contributed by atoms with Gasteiger partial charge in [0.1, 0.15) is 11.5 Å². The maximum absolute atomic E-state index is 12.8. The van der Waals surface area contributed by atoms with Crippen molar-refractivity contribution in [1.82, 2.24) is 3.93 Å². The van der Waals surface area contributed by atoms with Gasteiger partial charge in [0, 0.05) is 24.2 Å². The molecule has 24 heavy (non-hydrogen) atoms. The summed E-state index contributed by atoms with van der Waals surface area (Å²) in [6.07, 6.45) is 13.7. The van der Waals surface area contributed by atoms with E-state index in [1.165, 1.54) is 5.57 Å². The number of nitrogens with zero attached hydrogens (tertiary/aromatic N) is 1. The zero-order valence-electron chi connectivity index (χ0n) is 13.4. The Balaban J connectivity index is 1.74. The highest BCUT2D eigenvalue weighted by Crippen LogP contribution is 2.56. The number of hydrogen-bond acceptors (Lipinski definition) is 3. The molecule has 1 aromatic carbocycles. The summed E-state index contributed by atoms with van der Waals surface area (Å²) in [4.78, 5) is 12.8. The number of allylic oxidation sites excluding steroid dienone is 5. The molecule has 4 heteroatoms. The van der Waals surface area contributed by atoms with Crippen molar-refractivity contribution in [2.45, 2.75) is 12.8 Å². The van der Waals surface area contributed by atoms with Crippen molar-refractivity contribution in [3.8, 4) is 5.75 Å². The third kappa shape index (κ3) is 2.20. The van der Waals surface area contributed by atoms with Crippen LogP contribution in [0.4, 0.5) is 0 Å². The standard InChI is InChI=1S/C20H18BrNO2/c1-24-16-7-5-14(6-8-16)12-17-18(23)9-10-19-20(17)11-3-2-4-15(20)13-22(19)21/h2-8,10-11,13,17H,9,12H2,1H3. The summed E-state index contributed by atoms with van der Waals surface area (Å²) in [5.74, 6) is 1.03. The van der Waals surface area contributed by atoms with E-state index in [0.29, 0.717) is 12.2 Å². The molecular weight excluding hydrogens is 366 g/mol. The van der Waals surface area contributed by atoms with E-state index in [-0.39, 0.29) is 11.3 Å². The predicted molar refractivity (Wildman–Crippen MR) is 97.5 cm³/mol. The first-order valence-electron chi connectivity index (χ1n) is 8.04. The largest absolute Gasteiger partial charge is 0.497 e. The van der Waals surface area contributed by atoms with E-state index >= 15 is 0 Å². The highest BCUT2D eigenvalue weighted by molar-refractivity contribution is 9.07. The van der Waals surface area contributed by atoms with E-state index in [1.807, 2.05) is 34.3 Å². The number of Topliss-reactive ketones (excluding diaryl/α,β-unsaturated/α-hetero) is 1. The summed E-state index contributed by atoms with van der Waals surface area (Å²) in [6, 6.07) is 8.01. The monoisotopic (exact) mass is 383 g/mol. The first-order valence-corrected chi connectivity index (χ1v) is 8.75. The number of hydrogen-bond donors (Lipinski definition) is 0. The normalized spacial score (nSPS) is 27.5. The smallest absolute Gasteiger partial charge is 0.141 e. The SMILES string of the molecule is COc1ccc(CC2C(=O)CC=C3N(Br)C=C4C=CC=CC432)cc1. The van der Waals surface area contributed by atoms with Crippen LogP contribution < -0.4 is 4.74 Å². The molecule has 0 amide bonds. The van der Waals surface area contributed by atoms with E-state index < -0.39 is 0 Å². The third-order valence-electron chi connectivity index (χ3n) is 5.16. The topological polar surface area (TPSA) is 29.5 Å². The van der Waals surface area contributed by atoms with Gasteiger partial charge in [0.25, 0.3) is 0 Å². The lowest BCUT2D eigenvalue weighted by Crippen LogP contribution is -2.41. The van der Waals surface area contributed by atoms with Crippen molar-refractivity contribution >= 4 is 21.9 Å². The lowest BCUT2D eigenvalue weighted by atomic mass is 9.61. The second kappa shape index (κ2) is 5.78. The molecule has 2 unspecified atom stereocenters. The zero-order chi connectivity index (χ0) is 16.7. The summed E-state index contributed by atoms with van der Waals surface area (Å²) < 4.78 is 7.21. The lowest BCUT2D eigenvalue weighted by Gasteiger charge is -2.41. The van der Waals surface area contributed by atoms with Crippen LogP contribution in [0.25, 0.3) is 0 Å². The molecule has 4 rings (SSSR count). The summed E-state index contributed by atoms with van der Waals surface area (Å²) >= 11 is 3.61. The quantitative estimate of drug-likeness (QED) is 0.727. The first kappa shape index (κ1) is 15.5. The molecule has 0 saturated carbocycles. The molecule has 3 aliphatic rings. The summed E-state index contributed by atoms with van der Waals surface area (Å²) in [7, 11) is 1.66. The number of ketones is 1. The lowest BCUT2D eigenvalue weighted by molar-refractivity contribution is -0.124. The molecule has 0 radical (unpaired) electrons. The maximum atomic E-state index is 12.8. The number of carbonyl (C=O) groups is 1. The minimum Gasteiger partial charge on any atom is -0.497 e. The number of benzene rings is 1. The van der Waals surface area contributed by atoms with Crippen LogP contribution in [-0.4, -0.2) is 16.8 Å². The number of rotatable bonds is 3. The Hall–Kier alpha value is -2.07. The molecule has 1 aliphatic heterocycles. The number of carbonyl (C=O) groups excluding carboxylic acids is 1. The number of methoxy groups -OCH3 is 1. The fourth-order valence-corrected chi connectivity index (χ4v) is 4.63. The fraction of sp³-hybridized carbons (Fsp3) is 0.250. The predicted octanol–water partition coefficient (Wildman–Crippen LogP) is 4.33. The highest BCUT2D eigenvalue weighted by atomic mass is 79.9.